The third kappa shape index (κ3) is 4.30. The summed E-state index contributed by atoms with van der Waals surface area (Å²) in [5.41, 5.74) is 1.99. The van der Waals surface area contributed by atoms with Gasteiger partial charge in [0.25, 0.3) is 11.8 Å². The number of carbonyl (C=O) groups is 2. The number of hydrogen-bond donors (Lipinski definition) is 1. The number of anilines is 1. The highest BCUT2D eigenvalue weighted by Crippen LogP contribution is 2.31. The summed E-state index contributed by atoms with van der Waals surface area (Å²) in [6, 6.07) is 17.9. The third-order valence-electron chi connectivity index (χ3n) is 4.78. The van der Waals surface area contributed by atoms with Crippen LogP contribution in [0.3, 0.4) is 0 Å². The Bertz CT molecular complexity index is 1130. The van der Waals surface area contributed by atoms with Crippen LogP contribution in [0.15, 0.2) is 78.6 Å². The van der Waals surface area contributed by atoms with Crippen molar-refractivity contribution in [2.75, 3.05) is 11.9 Å². The summed E-state index contributed by atoms with van der Waals surface area (Å²) < 4.78 is 18.9. The van der Waals surface area contributed by atoms with Crippen LogP contribution in [0.5, 0.6) is 5.75 Å². The fraction of sp³-hybridized carbons (Fsp3) is 0.125. The van der Waals surface area contributed by atoms with E-state index in [9.17, 15) is 14.0 Å². The van der Waals surface area contributed by atoms with Gasteiger partial charge in [-0.25, -0.2) is 4.39 Å². The largest absolute Gasteiger partial charge is 0.494 e. The minimum Gasteiger partial charge on any atom is -0.494 e. The van der Waals surface area contributed by atoms with Crippen molar-refractivity contribution in [2.24, 2.45) is 0 Å². The Balaban J connectivity index is 1.69. The molecule has 0 radical (unpaired) electrons. The Morgan fingerprint density at radius 3 is 2.35 bits per heavy atom. The zero-order chi connectivity index (χ0) is 21.8. The Hall–Kier alpha value is -4.00. The Kier molecular flexibility index (Phi) is 5.75. The van der Waals surface area contributed by atoms with Gasteiger partial charge in [-0.15, -0.1) is 0 Å². The summed E-state index contributed by atoms with van der Waals surface area (Å²) in [6.07, 6.45) is 1.60. The minimum absolute atomic E-state index is 0.0393. The van der Waals surface area contributed by atoms with Gasteiger partial charge < -0.3 is 10.1 Å². The van der Waals surface area contributed by atoms with E-state index in [1.54, 1.807) is 48.7 Å². The van der Waals surface area contributed by atoms with E-state index in [0.717, 1.165) is 4.90 Å². The average molecular weight is 417 g/mol. The maximum atomic E-state index is 13.4. The molecular weight excluding hydrogens is 397 g/mol. The lowest BCUT2D eigenvalue weighted by atomic mass is 10.0. The molecule has 7 heteroatoms. The van der Waals surface area contributed by atoms with Crippen LogP contribution in [0.4, 0.5) is 10.1 Å². The number of amides is 2. The van der Waals surface area contributed by atoms with Crippen LogP contribution < -0.4 is 10.1 Å². The van der Waals surface area contributed by atoms with Crippen molar-refractivity contribution >= 4 is 23.1 Å². The van der Waals surface area contributed by atoms with Crippen molar-refractivity contribution in [3.05, 3.63) is 95.7 Å². The first-order valence-electron chi connectivity index (χ1n) is 9.83. The van der Waals surface area contributed by atoms with Crippen molar-refractivity contribution < 1.29 is 18.7 Å². The molecule has 1 N–H and O–H groups in total. The fourth-order valence-corrected chi connectivity index (χ4v) is 3.32. The molecule has 0 unspecified atom stereocenters. The maximum absolute atomic E-state index is 13.4. The Morgan fingerprint density at radius 2 is 1.71 bits per heavy atom. The maximum Gasteiger partial charge on any atom is 0.278 e. The summed E-state index contributed by atoms with van der Waals surface area (Å²) in [7, 11) is 0. The number of benzene rings is 2. The molecule has 0 fully saturated rings. The number of ether oxygens (including phenoxy) is 1. The van der Waals surface area contributed by atoms with Crippen LogP contribution in [-0.4, -0.2) is 28.3 Å². The zero-order valence-corrected chi connectivity index (χ0v) is 16.8. The van der Waals surface area contributed by atoms with Crippen LogP contribution in [0.2, 0.25) is 0 Å². The first-order valence-corrected chi connectivity index (χ1v) is 9.83. The van der Waals surface area contributed by atoms with E-state index >= 15 is 0 Å². The zero-order valence-electron chi connectivity index (χ0n) is 16.8. The molecule has 1 aromatic heterocycles. The molecule has 31 heavy (non-hydrogen) atoms. The summed E-state index contributed by atoms with van der Waals surface area (Å²) in [5.74, 6) is -0.654. The lowest BCUT2D eigenvalue weighted by Gasteiger charge is -2.15. The lowest BCUT2D eigenvalue weighted by Crippen LogP contribution is -2.32. The molecule has 6 nitrogen and oxygen atoms in total. The molecule has 2 heterocycles. The number of halogens is 1. The van der Waals surface area contributed by atoms with Crippen molar-refractivity contribution in [3.8, 4) is 5.75 Å². The highest BCUT2D eigenvalue weighted by Gasteiger charge is 2.39. The smallest absolute Gasteiger partial charge is 0.278 e. The van der Waals surface area contributed by atoms with E-state index in [-0.39, 0.29) is 17.8 Å². The number of pyridine rings is 1. The van der Waals surface area contributed by atoms with Crippen LogP contribution in [-0.2, 0) is 16.1 Å². The molecule has 0 atom stereocenters. The van der Waals surface area contributed by atoms with Gasteiger partial charge in [0.15, 0.2) is 0 Å². The second-order valence-corrected chi connectivity index (χ2v) is 6.86. The summed E-state index contributed by atoms with van der Waals surface area (Å²) >= 11 is 0. The van der Waals surface area contributed by atoms with E-state index < -0.39 is 17.6 Å². The summed E-state index contributed by atoms with van der Waals surface area (Å²) in [6.45, 7) is 2.48. The molecule has 0 saturated heterocycles. The van der Waals surface area contributed by atoms with Crippen LogP contribution in [0, 0.1) is 5.82 Å². The molecule has 0 saturated carbocycles. The minimum atomic E-state index is -0.469. The normalized spacial score (nSPS) is 13.7. The highest BCUT2D eigenvalue weighted by molar-refractivity contribution is 6.36. The van der Waals surface area contributed by atoms with Gasteiger partial charge in [0.05, 0.1) is 24.4 Å². The first-order chi connectivity index (χ1) is 15.1. The van der Waals surface area contributed by atoms with Crippen LogP contribution in [0.25, 0.3) is 5.57 Å². The Labute approximate surface area is 179 Å². The van der Waals surface area contributed by atoms with E-state index in [1.165, 1.54) is 24.3 Å². The predicted molar refractivity (Wildman–Crippen MR) is 114 cm³/mol. The van der Waals surface area contributed by atoms with E-state index in [0.29, 0.717) is 29.3 Å². The van der Waals surface area contributed by atoms with Gasteiger partial charge in [-0.2, -0.15) is 0 Å². The lowest BCUT2D eigenvalue weighted by molar-refractivity contribution is -0.137. The van der Waals surface area contributed by atoms with Gasteiger partial charge in [0.2, 0.25) is 0 Å². The SMILES string of the molecule is CCOc1ccc(NC2=C(c3ccc(F)cc3)C(=O)N(Cc3ccccn3)C2=O)cc1. The second-order valence-electron chi connectivity index (χ2n) is 6.86. The molecule has 1 aliphatic rings. The molecule has 0 aliphatic carbocycles. The third-order valence-corrected chi connectivity index (χ3v) is 4.78. The second kappa shape index (κ2) is 8.79. The monoisotopic (exact) mass is 417 g/mol. The van der Waals surface area contributed by atoms with Crippen molar-refractivity contribution in [1.82, 2.24) is 9.88 Å². The molecule has 2 aromatic carbocycles. The number of carbonyl (C=O) groups excluding carboxylic acids is 2. The van der Waals surface area contributed by atoms with Gasteiger partial charge in [0.1, 0.15) is 17.3 Å². The van der Waals surface area contributed by atoms with Crippen molar-refractivity contribution in [3.63, 3.8) is 0 Å². The molecule has 0 spiro atoms. The molecule has 4 rings (SSSR count). The number of imide groups is 1. The van der Waals surface area contributed by atoms with Crippen LogP contribution >= 0.6 is 0 Å². The number of nitrogens with zero attached hydrogens (tertiary/aromatic N) is 2. The predicted octanol–water partition coefficient (Wildman–Crippen LogP) is 4.01. The van der Waals surface area contributed by atoms with Crippen molar-refractivity contribution in [2.45, 2.75) is 13.5 Å². The van der Waals surface area contributed by atoms with Gasteiger partial charge in [-0.3, -0.25) is 19.5 Å². The average Bonchev–Trinajstić information content (AvgIpc) is 3.01. The Morgan fingerprint density at radius 1 is 0.968 bits per heavy atom. The molecule has 0 bridgehead atoms. The molecule has 1 aliphatic heterocycles. The summed E-state index contributed by atoms with van der Waals surface area (Å²) in [5, 5.41) is 3.07. The van der Waals surface area contributed by atoms with Gasteiger partial charge in [0, 0.05) is 11.9 Å². The quantitative estimate of drug-likeness (QED) is 0.588. The number of rotatable bonds is 7. The van der Waals surface area contributed by atoms with Gasteiger partial charge in [-0.05, 0) is 61.0 Å². The number of aromatic nitrogens is 1. The fourth-order valence-electron chi connectivity index (χ4n) is 3.32. The summed E-state index contributed by atoms with van der Waals surface area (Å²) in [4.78, 5) is 31.8. The van der Waals surface area contributed by atoms with Gasteiger partial charge in [-0.1, -0.05) is 18.2 Å². The van der Waals surface area contributed by atoms with E-state index in [2.05, 4.69) is 10.3 Å². The van der Waals surface area contributed by atoms with E-state index in [1.807, 2.05) is 6.92 Å². The number of hydrogen-bond acceptors (Lipinski definition) is 5. The molecule has 2 amide bonds. The highest BCUT2D eigenvalue weighted by atomic mass is 19.1. The molecule has 156 valence electrons. The number of nitrogens with one attached hydrogen (secondary N) is 1. The van der Waals surface area contributed by atoms with Gasteiger partial charge >= 0.3 is 0 Å². The van der Waals surface area contributed by atoms with E-state index in [4.69, 9.17) is 4.74 Å². The standard InChI is InChI=1S/C24H20FN3O3/c1-2-31-20-12-10-18(11-13-20)27-22-21(16-6-8-17(25)9-7-16)23(29)28(24(22)30)15-19-5-3-4-14-26-19/h3-14,27H,2,15H2,1H3. The van der Waals surface area contributed by atoms with Crippen LogP contribution in [0.1, 0.15) is 18.2 Å². The first kappa shape index (κ1) is 20.3. The van der Waals surface area contributed by atoms with Crippen molar-refractivity contribution in [1.29, 1.82) is 0 Å². The topological polar surface area (TPSA) is 71.5 Å². The molecule has 3 aromatic rings. The molecular formula is C24H20FN3O3.